The molecule has 1 fully saturated rings. The Balaban J connectivity index is 2.33. The Morgan fingerprint density at radius 2 is 2.05 bits per heavy atom. The van der Waals surface area contributed by atoms with E-state index in [4.69, 9.17) is 0 Å². The molecular formula is C16H28N2S. The standard InChI is InChI=1S/C16H28N2S/c1-5-11-17-15(14-8-12-19-13(14)2)16(18(3)4)9-6-7-10-16/h8,12,15,17H,5-7,9-11H2,1-4H3. The van der Waals surface area contributed by atoms with Crippen LogP contribution >= 0.6 is 11.3 Å². The van der Waals surface area contributed by atoms with Gasteiger partial charge in [0.15, 0.2) is 0 Å². The van der Waals surface area contributed by atoms with Crippen molar-refractivity contribution in [1.82, 2.24) is 10.2 Å². The number of hydrogen-bond acceptors (Lipinski definition) is 3. The monoisotopic (exact) mass is 280 g/mol. The molecule has 0 spiro atoms. The van der Waals surface area contributed by atoms with E-state index in [1.807, 2.05) is 11.3 Å². The fourth-order valence-electron chi connectivity index (χ4n) is 3.55. The van der Waals surface area contributed by atoms with Gasteiger partial charge in [-0.15, -0.1) is 11.3 Å². The van der Waals surface area contributed by atoms with Gasteiger partial charge in [0.25, 0.3) is 0 Å². The first-order chi connectivity index (χ1) is 9.12. The average molecular weight is 280 g/mol. The van der Waals surface area contributed by atoms with Crippen molar-refractivity contribution in [2.24, 2.45) is 0 Å². The highest BCUT2D eigenvalue weighted by Gasteiger charge is 2.44. The molecule has 1 aromatic rings. The van der Waals surface area contributed by atoms with E-state index in [1.54, 1.807) is 0 Å². The molecule has 1 atom stereocenters. The van der Waals surface area contributed by atoms with Crippen LogP contribution in [0.5, 0.6) is 0 Å². The van der Waals surface area contributed by atoms with Gasteiger partial charge >= 0.3 is 0 Å². The van der Waals surface area contributed by atoms with Crippen LogP contribution < -0.4 is 5.32 Å². The van der Waals surface area contributed by atoms with Crippen LogP contribution in [0.4, 0.5) is 0 Å². The summed E-state index contributed by atoms with van der Waals surface area (Å²) in [5, 5.41) is 6.08. The smallest absolute Gasteiger partial charge is 0.0517 e. The highest BCUT2D eigenvalue weighted by Crippen LogP contribution is 2.44. The van der Waals surface area contributed by atoms with E-state index < -0.39 is 0 Å². The minimum Gasteiger partial charge on any atom is -0.308 e. The Hall–Kier alpha value is -0.380. The molecule has 1 aromatic heterocycles. The zero-order chi connectivity index (χ0) is 13.9. The van der Waals surface area contributed by atoms with Gasteiger partial charge in [-0.3, -0.25) is 0 Å². The molecule has 0 radical (unpaired) electrons. The second kappa shape index (κ2) is 6.38. The van der Waals surface area contributed by atoms with Crippen molar-refractivity contribution >= 4 is 11.3 Å². The van der Waals surface area contributed by atoms with E-state index >= 15 is 0 Å². The molecule has 0 bridgehead atoms. The number of hydrogen-bond donors (Lipinski definition) is 1. The lowest BCUT2D eigenvalue weighted by molar-refractivity contribution is 0.104. The molecular weight excluding hydrogens is 252 g/mol. The van der Waals surface area contributed by atoms with Gasteiger partial charge in [-0.1, -0.05) is 19.8 Å². The van der Waals surface area contributed by atoms with Gasteiger partial charge in [-0.05, 0) is 63.8 Å². The predicted molar refractivity (Wildman–Crippen MR) is 85.0 cm³/mol. The first-order valence-corrected chi connectivity index (χ1v) is 8.44. The first-order valence-electron chi connectivity index (χ1n) is 7.56. The Kier molecular flexibility index (Phi) is 5.04. The lowest BCUT2D eigenvalue weighted by Gasteiger charge is -2.44. The van der Waals surface area contributed by atoms with Crippen LogP contribution in [0.3, 0.4) is 0 Å². The fraction of sp³-hybridized carbons (Fsp3) is 0.750. The molecule has 0 aliphatic heterocycles. The van der Waals surface area contributed by atoms with E-state index in [2.05, 4.69) is 49.6 Å². The van der Waals surface area contributed by atoms with E-state index in [-0.39, 0.29) is 0 Å². The molecule has 0 amide bonds. The van der Waals surface area contributed by atoms with Gasteiger partial charge in [0, 0.05) is 10.4 Å². The second-order valence-electron chi connectivity index (χ2n) is 6.02. The molecule has 0 aromatic carbocycles. The van der Waals surface area contributed by atoms with Gasteiger partial charge in [0.2, 0.25) is 0 Å². The van der Waals surface area contributed by atoms with E-state index in [9.17, 15) is 0 Å². The molecule has 2 nitrogen and oxygen atoms in total. The largest absolute Gasteiger partial charge is 0.308 e. The molecule has 0 saturated heterocycles. The summed E-state index contributed by atoms with van der Waals surface area (Å²) >= 11 is 1.88. The van der Waals surface area contributed by atoms with Crippen LogP contribution in [0.2, 0.25) is 0 Å². The topological polar surface area (TPSA) is 15.3 Å². The van der Waals surface area contributed by atoms with Crippen LogP contribution in [0.25, 0.3) is 0 Å². The zero-order valence-electron chi connectivity index (χ0n) is 12.8. The predicted octanol–water partition coefficient (Wildman–Crippen LogP) is 3.97. The van der Waals surface area contributed by atoms with Crippen molar-refractivity contribution in [1.29, 1.82) is 0 Å². The molecule has 1 aliphatic carbocycles. The van der Waals surface area contributed by atoms with Crippen molar-refractivity contribution in [3.8, 4) is 0 Å². The number of aryl methyl sites for hydroxylation is 1. The summed E-state index contributed by atoms with van der Waals surface area (Å²) in [7, 11) is 4.52. The Morgan fingerprint density at radius 3 is 2.53 bits per heavy atom. The Labute approximate surface area is 122 Å². The average Bonchev–Trinajstić information content (AvgIpc) is 3.01. The molecule has 1 unspecified atom stereocenters. The van der Waals surface area contributed by atoms with Gasteiger partial charge < -0.3 is 10.2 Å². The lowest BCUT2D eigenvalue weighted by atomic mass is 9.82. The maximum Gasteiger partial charge on any atom is 0.0517 e. The van der Waals surface area contributed by atoms with Crippen LogP contribution in [0.15, 0.2) is 11.4 Å². The molecule has 19 heavy (non-hydrogen) atoms. The molecule has 1 heterocycles. The summed E-state index contributed by atoms with van der Waals surface area (Å²) in [5.41, 5.74) is 1.83. The highest BCUT2D eigenvalue weighted by atomic mass is 32.1. The summed E-state index contributed by atoms with van der Waals surface area (Å²) in [6.45, 7) is 5.62. The lowest BCUT2D eigenvalue weighted by Crippen LogP contribution is -2.52. The second-order valence-corrected chi connectivity index (χ2v) is 7.14. The van der Waals surface area contributed by atoms with Gasteiger partial charge in [-0.25, -0.2) is 0 Å². The minimum absolute atomic E-state index is 0.307. The zero-order valence-corrected chi connectivity index (χ0v) is 13.6. The quantitative estimate of drug-likeness (QED) is 0.848. The Bertz CT molecular complexity index is 391. The fourth-order valence-corrected chi connectivity index (χ4v) is 4.29. The van der Waals surface area contributed by atoms with Crippen molar-refractivity contribution in [2.45, 2.75) is 57.5 Å². The van der Waals surface area contributed by atoms with Crippen LogP contribution in [0.1, 0.15) is 55.5 Å². The molecule has 1 N–H and O–H groups in total. The molecule has 1 saturated carbocycles. The number of nitrogens with zero attached hydrogens (tertiary/aromatic N) is 1. The first kappa shape index (κ1) is 15.0. The van der Waals surface area contributed by atoms with Crippen LogP contribution in [-0.4, -0.2) is 31.1 Å². The summed E-state index contributed by atoms with van der Waals surface area (Å²) in [6.07, 6.45) is 6.56. The maximum atomic E-state index is 3.84. The van der Waals surface area contributed by atoms with Crippen molar-refractivity contribution in [3.63, 3.8) is 0 Å². The van der Waals surface area contributed by atoms with Gasteiger partial charge in [-0.2, -0.15) is 0 Å². The third kappa shape index (κ3) is 2.88. The number of nitrogens with one attached hydrogen (secondary N) is 1. The number of thiophene rings is 1. The summed E-state index contributed by atoms with van der Waals surface area (Å²) in [6, 6.07) is 2.81. The third-order valence-electron chi connectivity index (χ3n) is 4.71. The normalized spacial score (nSPS) is 20.1. The van der Waals surface area contributed by atoms with E-state index in [0.717, 1.165) is 6.54 Å². The van der Waals surface area contributed by atoms with E-state index in [1.165, 1.54) is 42.5 Å². The molecule has 3 heteroatoms. The number of rotatable bonds is 6. The van der Waals surface area contributed by atoms with Gasteiger partial charge in [0.1, 0.15) is 0 Å². The molecule has 1 aliphatic rings. The Morgan fingerprint density at radius 1 is 1.37 bits per heavy atom. The highest BCUT2D eigenvalue weighted by molar-refractivity contribution is 7.10. The molecule has 108 valence electrons. The van der Waals surface area contributed by atoms with Crippen molar-refractivity contribution in [3.05, 3.63) is 21.9 Å². The third-order valence-corrected chi connectivity index (χ3v) is 5.57. The van der Waals surface area contributed by atoms with Crippen LogP contribution in [-0.2, 0) is 0 Å². The minimum atomic E-state index is 0.307. The molecule has 2 rings (SSSR count). The van der Waals surface area contributed by atoms with Gasteiger partial charge in [0.05, 0.1) is 6.04 Å². The van der Waals surface area contributed by atoms with Crippen molar-refractivity contribution < 1.29 is 0 Å². The maximum absolute atomic E-state index is 3.84. The van der Waals surface area contributed by atoms with E-state index in [0.29, 0.717) is 11.6 Å². The van der Waals surface area contributed by atoms with Crippen molar-refractivity contribution in [2.75, 3.05) is 20.6 Å². The summed E-state index contributed by atoms with van der Waals surface area (Å²) < 4.78 is 0. The number of likely N-dealkylation sites (N-methyl/N-ethyl adjacent to an activating group) is 1. The summed E-state index contributed by atoms with van der Waals surface area (Å²) in [4.78, 5) is 3.95. The summed E-state index contributed by atoms with van der Waals surface area (Å²) in [5.74, 6) is 0. The van der Waals surface area contributed by atoms with Crippen LogP contribution in [0, 0.1) is 6.92 Å². The SMILES string of the molecule is CCCNC(c1ccsc1C)C1(N(C)C)CCCC1.